The molecule has 0 saturated carbocycles. The molecule has 0 saturated heterocycles. The zero-order valence-corrected chi connectivity index (χ0v) is 15.1. The first-order valence-electron chi connectivity index (χ1n) is 8.48. The van der Waals surface area contributed by atoms with E-state index in [9.17, 15) is 9.18 Å². The highest BCUT2D eigenvalue weighted by Crippen LogP contribution is 2.31. The first kappa shape index (κ1) is 17.8. The molecule has 1 aromatic heterocycles. The Morgan fingerprint density at radius 3 is 2.27 bits per heavy atom. The molecule has 0 bridgehead atoms. The summed E-state index contributed by atoms with van der Waals surface area (Å²) in [4.78, 5) is 16.6. The van der Waals surface area contributed by atoms with Crippen molar-refractivity contribution in [2.45, 2.75) is 20.8 Å². The maximum atomic E-state index is 14.8. The van der Waals surface area contributed by atoms with E-state index in [0.717, 1.165) is 5.56 Å². The number of hydrogen-bond acceptors (Lipinski definition) is 2. The van der Waals surface area contributed by atoms with Crippen molar-refractivity contribution < 1.29 is 9.18 Å². The minimum atomic E-state index is -0.545. The van der Waals surface area contributed by atoms with Crippen molar-refractivity contribution >= 4 is 11.6 Å². The molecule has 3 nitrogen and oxygen atoms in total. The Balaban J connectivity index is 1.99. The lowest BCUT2D eigenvalue weighted by Crippen LogP contribution is -2.27. The fourth-order valence-corrected chi connectivity index (χ4v) is 2.53. The van der Waals surface area contributed by atoms with Crippen LogP contribution in [0.4, 0.5) is 10.1 Å². The summed E-state index contributed by atoms with van der Waals surface area (Å²) in [6.07, 6.45) is 1.65. The summed E-state index contributed by atoms with van der Waals surface area (Å²) in [7, 11) is 0. The molecule has 0 atom stereocenters. The number of nitrogens with one attached hydrogen (secondary N) is 1. The van der Waals surface area contributed by atoms with Gasteiger partial charge in [0.25, 0.3) is 0 Å². The fraction of sp³-hybridized carbons (Fsp3) is 0.182. The molecule has 1 amide bonds. The Kier molecular flexibility index (Phi) is 4.85. The van der Waals surface area contributed by atoms with Crippen LogP contribution in [-0.2, 0) is 4.79 Å². The molecular formula is C22H21FN2O. The van der Waals surface area contributed by atoms with Crippen LogP contribution < -0.4 is 5.32 Å². The van der Waals surface area contributed by atoms with E-state index < -0.39 is 11.2 Å². The Morgan fingerprint density at radius 2 is 1.62 bits per heavy atom. The monoisotopic (exact) mass is 348 g/mol. The quantitative estimate of drug-likeness (QED) is 0.675. The number of halogens is 1. The summed E-state index contributed by atoms with van der Waals surface area (Å²) in [6, 6.07) is 18.1. The Bertz CT molecular complexity index is 930. The minimum absolute atomic E-state index is 0.133. The lowest BCUT2D eigenvalue weighted by molar-refractivity contribution is -0.123. The van der Waals surface area contributed by atoms with Gasteiger partial charge in [-0.15, -0.1) is 0 Å². The third-order valence-corrected chi connectivity index (χ3v) is 4.06. The molecule has 1 N–H and O–H groups in total. The SMILES string of the molecule is CC(C)(C)C(=O)Nc1ccccc1-c1ncc(-c2ccccc2)cc1F. The van der Waals surface area contributed by atoms with Crippen LogP contribution in [0.2, 0.25) is 0 Å². The number of anilines is 1. The van der Waals surface area contributed by atoms with E-state index in [1.165, 1.54) is 6.07 Å². The van der Waals surface area contributed by atoms with Gasteiger partial charge in [0.15, 0.2) is 0 Å². The maximum Gasteiger partial charge on any atom is 0.229 e. The fourth-order valence-electron chi connectivity index (χ4n) is 2.53. The van der Waals surface area contributed by atoms with Crippen LogP contribution in [0, 0.1) is 11.2 Å². The van der Waals surface area contributed by atoms with Crippen LogP contribution in [0.3, 0.4) is 0 Å². The molecular weight excluding hydrogens is 327 g/mol. The average molecular weight is 348 g/mol. The van der Waals surface area contributed by atoms with Crippen LogP contribution in [0.15, 0.2) is 66.9 Å². The summed E-state index contributed by atoms with van der Waals surface area (Å²) < 4.78 is 14.8. The van der Waals surface area contributed by atoms with E-state index >= 15 is 0 Å². The van der Waals surface area contributed by atoms with Gasteiger partial charge in [-0.25, -0.2) is 4.39 Å². The predicted octanol–water partition coefficient (Wildman–Crippen LogP) is 5.54. The van der Waals surface area contributed by atoms with Crippen molar-refractivity contribution in [1.82, 2.24) is 4.98 Å². The van der Waals surface area contributed by atoms with Crippen molar-refractivity contribution in [3.63, 3.8) is 0 Å². The number of carbonyl (C=O) groups is 1. The Labute approximate surface area is 152 Å². The molecule has 0 fully saturated rings. The maximum absolute atomic E-state index is 14.8. The highest BCUT2D eigenvalue weighted by molar-refractivity contribution is 5.98. The summed E-state index contributed by atoms with van der Waals surface area (Å²) >= 11 is 0. The third-order valence-electron chi connectivity index (χ3n) is 4.06. The zero-order chi connectivity index (χ0) is 18.7. The molecule has 0 aliphatic heterocycles. The van der Waals surface area contributed by atoms with E-state index in [-0.39, 0.29) is 11.6 Å². The second-order valence-corrected chi connectivity index (χ2v) is 7.17. The van der Waals surface area contributed by atoms with Gasteiger partial charge in [0.2, 0.25) is 5.91 Å². The van der Waals surface area contributed by atoms with E-state index in [1.54, 1.807) is 30.5 Å². The number of pyridine rings is 1. The highest BCUT2D eigenvalue weighted by Gasteiger charge is 2.23. The van der Waals surface area contributed by atoms with Gasteiger partial charge in [0.05, 0.1) is 5.69 Å². The molecule has 0 unspecified atom stereocenters. The number of para-hydroxylation sites is 1. The minimum Gasteiger partial charge on any atom is -0.325 e. The van der Waals surface area contributed by atoms with Gasteiger partial charge in [-0.2, -0.15) is 0 Å². The number of amides is 1. The predicted molar refractivity (Wildman–Crippen MR) is 103 cm³/mol. The summed E-state index contributed by atoms with van der Waals surface area (Å²) in [6.45, 7) is 5.50. The van der Waals surface area contributed by atoms with Gasteiger partial charge < -0.3 is 5.32 Å². The number of carbonyl (C=O) groups excluding carboxylic acids is 1. The lowest BCUT2D eigenvalue weighted by Gasteiger charge is -2.19. The molecule has 0 spiro atoms. The van der Waals surface area contributed by atoms with Gasteiger partial charge in [-0.3, -0.25) is 9.78 Å². The Morgan fingerprint density at radius 1 is 0.962 bits per heavy atom. The van der Waals surface area contributed by atoms with Crippen molar-refractivity contribution in [1.29, 1.82) is 0 Å². The van der Waals surface area contributed by atoms with Crippen molar-refractivity contribution in [2.75, 3.05) is 5.32 Å². The van der Waals surface area contributed by atoms with E-state index in [1.807, 2.05) is 51.1 Å². The molecule has 26 heavy (non-hydrogen) atoms. The molecule has 0 aliphatic rings. The van der Waals surface area contributed by atoms with Gasteiger partial charge >= 0.3 is 0 Å². The second kappa shape index (κ2) is 7.08. The molecule has 1 heterocycles. The molecule has 3 aromatic rings. The van der Waals surface area contributed by atoms with Gasteiger partial charge in [-0.1, -0.05) is 69.3 Å². The molecule has 0 aliphatic carbocycles. The normalized spacial score (nSPS) is 11.2. The van der Waals surface area contributed by atoms with Crippen LogP contribution in [0.5, 0.6) is 0 Å². The molecule has 4 heteroatoms. The molecule has 3 rings (SSSR count). The van der Waals surface area contributed by atoms with Crippen LogP contribution >= 0.6 is 0 Å². The van der Waals surface area contributed by atoms with Crippen LogP contribution in [-0.4, -0.2) is 10.9 Å². The van der Waals surface area contributed by atoms with Crippen molar-refractivity contribution in [3.05, 3.63) is 72.7 Å². The highest BCUT2D eigenvalue weighted by atomic mass is 19.1. The summed E-state index contributed by atoms with van der Waals surface area (Å²) in [5.41, 5.74) is 2.39. The van der Waals surface area contributed by atoms with Crippen LogP contribution in [0.25, 0.3) is 22.4 Å². The number of benzene rings is 2. The first-order chi connectivity index (χ1) is 12.4. The number of hydrogen-bond donors (Lipinski definition) is 1. The van der Waals surface area contributed by atoms with Gasteiger partial charge in [-0.05, 0) is 17.7 Å². The standard InChI is InChI=1S/C22H21FN2O/c1-22(2,3)21(26)25-19-12-8-7-11-17(19)20-18(23)13-16(14-24-20)15-9-5-4-6-10-15/h4-14H,1-3H3,(H,25,26). The van der Waals surface area contributed by atoms with E-state index in [0.29, 0.717) is 16.8 Å². The second-order valence-electron chi connectivity index (χ2n) is 7.17. The Hall–Kier alpha value is -3.01. The molecule has 132 valence electrons. The van der Waals surface area contributed by atoms with Crippen molar-refractivity contribution in [3.8, 4) is 22.4 Å². The van der Waals surface area contributed by atoms with Gasteiger partial charge in [0, 0.05) is 22.7 Å². The third kappa shape index (κ3) is 3.80. The number of rotatable bonds is 3. The molecule has 2 aromatic carbocycles. The largest absolute Gasteiger partial charge is 0.325 e. The van der Waals surface area contributed by atoms with E-state index in [2.05, 4.69) is 10.3 Å². The summed E-state index contributed by atoms with van der Waals surface area (Å²) in [5.74, 6) is -0.560. The zero-order valence-electron chi connectivity index (χ0n) is 15.1. The summed E-state index contributed by atoms with van der Waals surface area (Å²) in [5, 5.41) is 2.88. The average Bonchev–Trinajstić information content (AvgIpc) is 2.62. The number of nitrogens with zero attached hydrogens (tertiary/aromatic N) is 1. The number of aromatic nitrogens is 1. The van der Waals surface area contributed by atoms with E-state index in [4.69, 9.17) is 0 Å². The topological polar surface area (TPSA) is 42.0 Å². The van der Waals surface area contributed by atoms with Crippen LogP contribution in [0.1, 0.15) is 20.8 Å². The lowest BCUT2D eigenvalue weighted by atomic mass is 9.95. The van der Waals surface area contributed by atoms with Crippen molar-refractivity contribution in [2.24, 2.45) is 5.41 Å². The first-order valence-corrected chi connectivity index (χ1v) is 8.48. The van der Waals surface area contributed by atoms with Gasteiger partial charge in [0.1, 0.15) is 11.5 Å². The smallest absolute Gasteiger partial charge is 0.229 e. The molecule has 0 radical (unpaired) electrons.